The molecular formula is C13H13NO6. The van der Waals surface area contributed by atoms with Gasteiger partial charge in [0.2, 0.25) is 0 Å². The molecule has 1 heterocycles. The largest absolute Gasteiger partial charge is 0.422 e. The highest BCUT2D eigenvalue weighted by Crippen LogP contribution is 2.36. The number of rotatable bonds is 3. The van der Waals surface area contributed by atoms with Crippen LogP contribution >= 0.6 is 0 Å². The lowest BCUT2D eigenvalue weighted by Crippen LogP contribution is -2.53. The van der Waals surface area contributed by atoms with Gasteiger partial charge in [-0.15, -0.1) is 0 Å². The van der Waals surface area contributed by atoms with Crippen LogP contribution in [0.5, 0.6) is 0 Å². The Hall–Kier alpha value is -2.25. The quantitative estimate of drug-likeness (QED) is 0.486. The Morgan fingerprint density at radius 1 is 1.40 bits per heavy atom. The van der Waals surface area contributed by atoms with Gasteiger partial charge in [-0.25, -0.2) is 9.59 Å². The third-order valence-electron chi connectivity index (χ3n) is 3.48. The maximum absolute atomic E-state index is 12.1. The van der Waals surface area contributed by atoms with Crippen molar-refractivity contribution < 1.29 is 34.3 Å². The lowest BCUT2D eigenvalue weighted by Gasteiger charge is -2.22. The average molecular weight is 279 g/mol. The van der Waals surface area contributed by atoms with E-state index in [0.29, 0.717) is 0 Å². The van der Waals surface area contributed by atoms with Gasteiger partial charge in [0.05, 0.1) is 11.2 Å². The standard InChI is InChI=1S/C13H13NO6/c1-8(9-5-3-2-4-6-9)10-7-11(15)14(19,12(10)16)20-13(17)18/h2-6,8,10,19H,7H2,1H3/t8?,10-,14?/m0/s1. The molecule has 1 aliphatic rings. The molecule has 1 fully saturated rings. The Balaban J connectivity index is 2.26. The van der Waals surface area contributed by atoms with Crippen LogP contribution < -0.4 is 5.11 Å². The molecule has 0 aliphatic carbocycles. The molecule has 0 spiro atoms. The van der Waals surface area contributed by atoms with Gasteiger partial charge in [-0.05, 0) is 11.5 Å². The molecule has 1 N–H and O–H groups in total. The second-order valence-electron chi connectivity index (χ2n) is 4.66. The number of carboxylic acid groups (broad SMARTS) is 1. The van der Waals surface area contributed by atoms with Crippen LogP contribution in [-0.4, -0.2) is 28.0 Å². The molecule has 1 saturated heterocycles. The Bertz CT molecular complexity index is 557. The number of carbonyl (C=O) groups excluding carboxylic acids is 3. The van der Waals surface area contributed by atoms with Crippen LogP contribution in [0.2, 0.25) is 0 Å². The van der Waals surface area contributed by atoms with Crippen LogP contribution in [0.3, 0.4) is 0 Å². The first-order valence-corrected chi connectivity index (χ1v) is 6.01. The van der Waals surface area contributed by atoms with E-state index in [1.165, 1.54) is 0 Å². The minimum absolute atomic E-state index is 0.293. The molecule has 3 atom stereocenters. The SMILES string of the molecule is CC(c1ccccc1)[C@@H]1CC(=O)[N+](O)(OC(=O)[O-])C1=O. The van der Waals surface area contributed by atoms with Gasteiger partial charge in [-0.3, -0.25) is 0 Å². The Morgan fingerprint density at radius 2 is 2.00 bits per heavy atom. The molecule has 1 aromatic rings. The van der Waals surface area contributed by atoms with E-state index < -0.39 is 28.7 Å². The molecule has 106 valence electrons. The first kappa shape index (κ1) is 14.2. The number of imide groups is 1. The summed E-state index contributed by atoms with van der Waals surface area (Å²) in [5.41, 5.74) is 0.806. The first-order valence-electron chi connectivity index (χ1n) is 6.01. The molecule has 0 radical (unpaired) electrons. The number of hydrogen-bond acceptors (Lipinski definition) is 6. The number of quaternary nitrogens is 1. The molecule has 1 aliphatic heterocycles. The summed E-state index contributed by atoms with van der Waals surface area (Å²) in [6.07, 6.45) is -2.43. The van der Waals surface area contributed by atoms with E-state index in [0.717, 1.165) is 5.56 Å². The summed E-state index contributed by atoms with van der Waals surface area (Å²) in [7, 11) is 0. The maximum atomic E-state index is 12.1. The van der Waals surface area contributed by atoms with Crippen molar-refractivity contribution in [2.24, 2.45) is 5.92 Å². The molecule has 2 amide bonds. The van der Waals surface area contributed by atoms with E-state index in [2.05, 4.69) is 4.84 Å². The number of benzene rings is 1. The van der Waals surface area contributed by atoms with Gasteiger partial charge in [0.15, 0.2) is 0 Å². The van der Waals surface area contributed by atoms with E-state index in [4.69, 9.17) is 0 Å². The van der Waals surface area contributed by atoms with Gasteiger partial charge in [-0.2, -0.15) is 5.21 Å². The van der Waals surface area contributed by atoms with Gasteiger partial charge in [-0.1, -0.05) is 37.3 Å². The summed E-state index contributed by atoms with van der Waals surface area (Å²) in [4.78, 5) is 35.9. The van der Waals surface area contributed by atoms with E-state index in [1.54, 1.807) is 31.2 Å². The van der Waals surface area contributed by atoms with E-state index in [9.17, 15) is 24.7 Å². The minimum Gasteiger partial charge on any atom is -0.422 e. The van der Waals surface area contributed by atoms with Crippen molar-refractivity contribution in [2.75, 3.05) is 0 Å². The zero-order chi connectivity index (χ0) is 14.9. The Kier molecular flexibility index (Phi) is 3.56. The van der Waals surface area contributed by atoms with E-state index in [-0.39, 0.29) is 12.3 Å². The predicted octanol–water partition coefficient (Wildman–Crippen LogP) is 0.344. The number of carbonyl (C=O) groups is 3. The monoisotopic (exact) mass is 279 g/mol. The van der Waals surface area contributed by atoms with Crippen molar-refractivity contribution in [3.63, 3.8) is 0 Å². The van der Waals surface area contributed by atoms with E-state index in [1.807, 2.05) is 6.07 Å². The fourth-order valence-corrected chi connectivity index (χ4v) is 2.33. The highest BCUT2D eigenvalue weighted by molar-refractivity contribution is 5.93. The fourth-order valence-electron chi connectivity index (χ4n) is 2.33. The molecule has 7 nitrogen and oxygen atoms in total. The van der Waals surface area contributed by atoms with Crippen molar-refractivity contribution in [3.8, 4) is 0 Å². The van der Waals surface area contributed by atoms with Gasteiger partial charge in [0, 0.05) is 0 Å². The number of hydroxylamine groups is 4. The normalized spacial score (nSPS) is 27.4. The Morgan fingerprint density at radius 3 is 2.55 bits per heavy atom. The summed E-state index contributed by atoms with van der Waals surface area (Å²) < 4.78 is 0. The van der Waals surface area contributed by atoms with E-state index >= 15 is 0 Å². The van der Waals surface area contributed by atoms with Crippen molar-refractivity contribution in [2.45, 2.75) is 19.3 Å². The molecule has 0 saturated carbocycles. The van der Waals surface area contributed by atoms with Crippen molar-refractivity contribution in [1.82, 2.24) is 0 Å². The second-order valence-corrected chi connectivity index (χ2v) is 4.66. The number of nitrogens with zero attached hydrogens (tertiary/aromatic N) is 1. The zero-order valence-corrected chi connectivity index (χ0v) is 10.7. The highest BCUT2D eigenvalue weighted by atomic mass is 17.0. The molecule has 0 bridgehead atoms. The third-order valence-corrected chi connectivity index (χ3v) is 3.48. The van der Waals surface area contributed by atoms with Crippen LogP contribution in [0.15, 0.2) is 30.3 Å². The summed E-state index contributed by atoms with van der Waals surface area (Å²) in [6.45, 7) is 1.72. The molecule has 7 heteroatoms. The maximum Gasteiger partial charge on any atom is 0.389 e. The lowest BCUT2D eigenvalue weighted by molar-refractivity contribution is -1.12. The Labute approximate surface area is 114 Å². The lowest BCUT2D eigenvalue weighted by atomic mass is 9.86. The third kappa shape index (κ3) is 2.28. The summed E-state index contributed by atoms with van der Waals surface area (Å²) in [5.74, 6) is -3.23. The number of amides is 2. The molecule has 2 unspecified atom stereocenters. The van der Waals surface area contributed by atoms with Crippen LogP contribution in [0.1, 0.15) is 24.8 Å². The highest BCUT2D eigenvalue weighted by Gasteiger charge is 2.59. The van der Waals surface area contributed by atoms with Crippen molar-refractivity contribution >= 4 is 18.0 Å². The van der Waals surface area contributed by atoms with Crippen LogP contribution in [0, 0.1) is 5.92 Å². The molecule has 20 heavy (non-hydrogen) atoms. The van der Waals surface area contributed by atoms with Gasteiger partial charge in [0.25, 0.3) is 0 Å². The van der Waals surface area contributed by atoms with Crippen LogP contribution in [0.4, 0.5) is 4.79 Å². The van der Waals surface area contributed by atoms with Gasteiger partial charge >= 0.3 is 18.0 Å². The molecule has 1 aromatic carbocycles. The second kappa shape index (κ2) is 5.03. The average Bonchev–Trinajstić information content (AvgIpc) is 2.63. The molecule has 0 aromatic heterocycles. The van der Waals surface area contributed by atoms with Crippen molar-refractivity contribution in [3.05, 3.63) is 35.9 Å². The zero-order valence-electron chi connectivity index (χ0n) is 10.7. The fraction of sp³-hybridized carbons (Fsp3) is 0.308. The minimum atomic E-state index is -2.19. The number of hydrogen-bond donors (Lipinski definition) is 1. The topological polar surface area (TPSA) is 104 Å². The van der Waals surface area contributed by atoms with Gasteiger partial charge in [0.1, 0.15) is 5.92 Å². The molecular weight excluding hydrogens is 266 g/mol. The summed E-state index contributed by atoms with van der Waals surface area (Å²) in [5, 5.41) is 20.1. The van der Waals surface area contributed by atoms with Crippen LogP contribution in [0.25, 0.3) is 0 Å². The van der Waals surface area contributed by atoms with Crippen LogP contribution in [-0.2, 0) is 14.4 Å². The smallest absolute Gasteiger partial charge is 0.389 e. The molecule has 2 rings (SSSR count). The summed E-state index contributed by atoms with van der Waals surface area (Å²) >= 11 is 0. The predicted molar refractivity (Wildman–Crippen MR) is 61.5 cm³/mol. The first-order chi connectivity index (χ1) is 9.36. The van der Waals surface area contributed by atoms with Gasteiger partial charge < -0.3 is 14.7 Å². The van der Waals surface area contributed by atoms with Crippen molar-refractivity contribution in [1.29, 1.82) is 0 Å². The summed E-state index contributed by atoms with van der Waals surface area (Å²) in [6, 6.07) is 8.94.